The first-order valence-corrected chi connectivity index (χ1v) is 11.2. The summed E-state index contributed by atoms with van der Waals surface area (Å²) in [5.74, 6) is 0.296. The molecule has 2 aromatic carbocycles. The Bertz CT molecular complexity index is 1080. The van der Waals surface area contributed by atoms with Gasteiger partial charge in [-0.25, -0.2) is 18.5 Å². The Labute approximate surface area is 157 Å². The monoisotopic (exact) mass is 406 g/mol. The largest absolute Gasteiger partial charge is 0.439 e. The number of nitrogens with two attached hydrogens (primary N) is 1. The molecule has 0 radical (unpaired) electrons. The van der Waals surface area contributed by atoms with Crippen molar-refractivity contribution in [1.29, 1.82) is 0 Å². The quantitative estimate of drug-likeness (QED) is 0.603. The maximum Gasteiger partial charge on any atom is 0.238 e. The van der Waals surface area contributed by atoms with E-state index in [1.54, 1.807) is 37.3 Å². The van der Waals surface area contributed by atoms with Crippen LogP contribution in [-0.4, -0.2) is 18.3 Å². The summed E-state index contributed by atoms with van der Waals surface area (Å²) in [5, 5.41) is 5.35. The molecule has 9 heteroatoms. The smallest absolute Gasteiger partial charge is 0.238 e. The zero-order valence-electron chi connectivity index (χ0n) is 14.5. The molecule has 0 aliphatic carbocycles. The Kier molecular flexibility index (Phi) is 5.62. The molecular weight excluding hydrogens is 387 g/mol. The van der Waals surface area contributed by atoms with Crippen molar-refractivity contribution < 1.29 is 22.3 Å². The van der Waals surface area contributed by atoms with Gasteiger partial charge in [0, 0.05) is 11.1 Å². The van der Waals surface area contributed by atoms with E-state index in [-0.39, 0.29) is 22.1 Å². The third kappa shape index (κ3) is 4.04. The summed E-state index contributed by atoms with van der Waals surface area (Å²) in [6.07, 6.45) is 0.360. The third-order valence-corrected chi connectivity index (χ3v) is 6.35. The molecular formula is C18H19N2O5PS. The van der Waals surface area contributed by atoms with Crippen LogP contribution in [0.1, 0.15) is 24.9 Å². The van der Waals surface area contributed by atoms with Gasteiger partial charge in [-0.1, -0.05) is 49.4 Å². The molecule has 142 valence electrons. The first-order valence-electron chi connectivity index (χ1n) is 8.24. The van der Waals surface area contributed by atoms with Crippen molar-refractivity contribution in [1.82, 2.24) is 4.98 Å². The molecule has 2 unspecified atom stereocenters. The Morgan fingerprint density at radius 2 is 1.78 bits per heavy atom. The fourth-order valence-corrected chi connectivity index (χ4v) is 4.24. The topological polar surface area (TPSA) is 123 Å². The molecule has 1 heterocycles. The minimum absolute atomic E-state index is 0.0990. The number of oxazole rings is 1. The summed E-state index contributed by atoms with van der Waals surface area (Å²) in [6, 6.07) is 15.2. The van der Waals surface area contributed by atoms with Crippen molar-refractivity contribution >= 4 is 18.1 Å². The van der Waals surface area contributed by atoms with Gasteiger partial charge in [0.05, 0.1) is 4.90 Å². The molecule has 7 nitrogen and oxygen atoms in total. The Morgan fingerprint density at radius 3 is 2.37 bits per heavy atom. The molecule has 3 N–H and O–H groups in total. The first-order chi connectivity index (χ1) is 12.8. The number of nitrogens with zero attached hydrogens (tertiary/aromatic N) is 1. The average Bonchev–Trinajstić information content (AvgIpc) is 3.07. The van der Waals surface area contributed by atoms with Crippen LogP contribution in [0, 0.1) is 0 Å². The number of primary sulfonamides is 1. The summed E-state index contributed by atoms with van der Waals surface area (Å²) in [7, 11) is -6.94. The Hall–Kier alpha value is -2.25. The number of hydrogen-bond acceptors (Lipinski definition) is 5. The van der Waals surface area contributed by atoms with Crippen molar-refractivity contribution in [2.45, 2.75) is 23.9 Å². The summed E-state index contributed by atoms with van der Waals surface area (Å²) < 4.78 is 41.6. The van der Waals surface area contributed by atoms with Gasteiger partial charge in [0.15, 0.2) is 5.76 Å². The second-order valence-electron chi connectivity index (χ2n) is 5.94. The van der Waals surface area contributed by atoms with E-state index in [2.05, 4.69) is 4.98 Å². The van der Waals surface area contributed by atoms with Crippen molar-refractivity contribution in [3.63, 3.8) is 0 Å². The van der Waals surface area contributed by atoms with Gasteiger partial charge in [0.1, 0.15) is 11.4 Å². The average molecular weight is 406 g/mol. The molecule has 1 aromatic heterocycles. The van der Waals surface area contributed by atoms with Crippen LogP contribution in [0.3, 0.4) is 0 Å². The van der Waals surface area contributed by atoms with E-state index >= 15 is 0 Å². The van der Waals surface area contributed by atoms with Crippen LogP contribution in [-0.2, 0) is 14.6 Å². The second kappa shape index (κ2) is 7.78. The van der Waals surface area contributed by atoms with E-state index in [9.17, 15) is 17.9 Å². The van der Waals surface area contributed by atoms with E-state index in [4.69, 9.17) is 9.56 Å². The highest BCUT2D eigenvalue weighted by Gasteiger charge is 2.27. The van der Waals surface area contributed by atoms with Crippen LogP contribution in [0.5, 0.6) is 0 Å². The van der Waals surface area contributed by atoms with E-state index in [1.807, 2.05) is 18.2 Å². The Balaban J connectivity index is 2.30. The molecule has 0 aliphatic rings. The molecule has 0 aliphatic heterocycles. The fraction of sp³-hybridized carbons (Fsp3) is 0.167. The van der Waals surface area contributed by atoms with Gasteiger partial charge in [-0.05, 0) is 18.6 Å². The molecule has 3 rings (SSSR count). The molecule has 0 spiro atoms. The lowest BCUT2D eigenvalue weighted by molar-refractivity contribution is 0.449. The summed E-state index contributed by atoms with van der Waals surface area (Å²) in [4.78, 5) is 14.0. The summed E-state index contributed by atoms with van der Waals surface area (Å²) in [5.41, 5.74) is 0.584. The number of sulfonamides is 1. The normalized spacial score (nSPS) is 14.0. The van der Waals surface area contributed by atoms with Gasteiger partial charge in [0.2, 0.25) is 23.9 Å². The van der Waals surface area contributed by atoms with Crippen molar-refractivity contribution in [2.24, 2.45) is 5.14 Å². The number of aromatic nitrogens is 1. The minimum Gasteiger partial charge on any atom is -0.439 e. The summed E-state index contributed by atoms with van der Waals surface area (Å²) >= 11 is 0. The maximum atomic E-state index is 12.0. The predicted molar refractivity (Wildman–Crippen MR) is 103 cm³/mol. The van der Waals surface area contributed by atoms with E-state index in [0.29, 0.717) is 17.7 Å². The lowest BCUT2D eigenvalue weighted by Gasteiger charge is -2.07. The number of hydrogen-bond donors (Lipinski definition) is 2. The Morgan fingerprint density at radius 1 is 1.15 bits per heavy atom. The van der Waals surface area contributed by atoms with E-state index in [1.165, 1.54) is 6.07 Å². The highest BCUT2D eigenvalue weighted by molar-refractivity contribution is 7.89. The molecule has 27 heavy (non-hydrogen) atoms. The molecule has 3 aromatic rings. The molecule has 0 saturated heterocycles. The van der Waals surface area contributed by atoms with Gasteiger partial charge in [-0.15, -0.1) is 0 Å². The van der Waals surface area contributed by atoms with Gasteiger partial charge in [-0.2, -0.15) is 0 Å². The van der Waals surface area contributed by atoms with E-state index < -0.39 is 23.7 Å². The first kappa shape index (κ1) is 19.5. The van der Waals surface area contributed by atoms with Crippen molar-refractivity contribution in [3.8, 4) is 22.6 Å². The van der Waals surface area contributed by atoms with Crippen LogP contribution in [0.2, 0.25) is 0 Å². The lowest BCUT2D eigenvalue weighted by atomic mass is 10.1. The second-order valence-corrected chi connectivity index (χ2v) is 8.84. The van der Waals surface area contributed by atoms with Gasteiger partial charge < -0.3 is 9.31 Å². The van der Waals surface area contributed by atoms with Gasteiger partial charge in [0.25, 0.3) is 0 Å². The molecule has 0 saturated carbocycles. The van der Waals surface area contributed by atoms with Crippen LogP contribution in [0.25, 0.3) is 22.6 Å². The maximum absolute atomic E-state index is 12.0. The highest BCUT2D eigenvalue weighted by Crippen LogP contribution is 2.44. The highest BCUT2D eigenvalue weighted by atomic mass is 32.2. The van der Waals surface area contributed by atoms with Gasteiger partial charge in [-0.3, -0.25) is 4.57 Å². The predicted octanol–water partition coefficient (Wildman–Crippen LogP) is 3.57. The molecule has 0 fully saturated rings. The van der Waals surface area contributed by atoms with Crippen LogP contribution < -0.4 is 5.14 Å². The minimum atomic E-state index is -4.01. The van der Waals surface area contributed by atoms with Crippen molar-refractivity contribution in [3.05, 3.63) is 60.5 Å². The van der Waals surface area contributed by atoms with Crippen LogP contribution in [0.4, 0.5) is 0 Å². The number of benzene rings is 2. The number of rotatable bonds is 6. The van der Waals surface area contributed by atoms with Gasteiger partial charge >= 0.3 is 0 Å². The summed E-state index contributed by atoms with van der Waals surface area (Å²) in [6.45, 7) is 1.76. The zero-order chi connectivity index (χ0) is 19.6. The fourth-order valence-electron chi connectivity index (χ4n) is 2.82. The molecule has 0 bridgehead atoms. The standard InChI is InChI=1S/C18H19N2O5PS/c1-2-14(26(21)22)18-20-16(12-8-4-3-5-9-12)17(25-18)13-10-6-7-11-15(13)27(19,23)24/h3-11,14,26H,2H2,1H3,(H,21,22)(H2,19,23,24). The third-order valence-electron chi connectivity index (χ3n) is 4.13. The van der Waals surface area contributed by atoms with E-state index in [0.717, 1.165) is 0 Å². The van der Waals surface area contributed by atoms with Crippen molar-refractivity contribution in [2.75, 3.05) is 0 Å². The van der Waals surface area contributed by atoms with Crippen LogP contribution >= 0.6 is 8.03 Å². The lowest BCUT2D eigenvalue weighted by Crippen LogP contribution is -2.13. The molecule has 0 amide bonds. The SMILES string of the molecule is CCC(c1nc(-c2ccccc2)c(-c2ccccc2S(N)(=O)=O)o1)[PH](=O)O. The molecule has 2 atom stereocenters. The van der Waals surface area contributed by atoms with Crippen LogP contribution in [0.15, 0.2) is 63.9 Å². The zero-order valence-corrected chi connectivity index (χ0v) is 16.3.